The fourth-order valence-electron chi connectivity index (χ4n) is 1.95. The summed E-state index contributed by atoms with van der Waals surface area (Å²) in [6, 6.07) is 19.2. The monoisotopic (exact) mass is 280 g/mol. The Morgan fingerprint density at radius 2 is 1.70 bits per heavy atom. The van der Waals surface area contributed by atoms with Crippen LogP contribution in [0.4, 0.5) is 5.69 Å². The number of benzene rings is 2. The van der Waals surface area contributed by atoms with Gasteiger partial charge < -0.3 is 10.2 Å². The molecule has 4 heteroatoms. The summed E-state index contributed by atoms with van der Waals surface area (Å²) in [6.45, 7) is 0. The molecule has 20 heavy (non-hydrogen) atoms. The van der Waals surface area contributed by atoms with Crippen LogP contribution in [-0.2, 0) is 0 Å². The highest BCUT2D eigenvalue weighted by Crippen LogP contribution is 2.14. The molecular weight excluding hydrogens is 268 g/mol. The largest absolute Gasteiger partial charge is 0.438 e. The number of hydrogen-bond acceptors (Lipinski definition) is 3. The molecule has 0 unspecified atom stereocenters. The van der Waals surface area contributed by atoms with Gasteiger partial charge in [0, 0.05) is 5.39 Å². The van der Waals surface area contributed by atoms with Gasteiger partial charge in [-0.1, -0.05) is 48.6 Å². The van der Waals surface area contributed by atoms with Crippen molar-refractivity contribution < 1.29 is 4.42 Å². The van der Waals surface area contributed by atoms with Crippen molar-refractivity contribution in [1.29, 1.82) is 0 Å². The molecule has 0 amide bonds. The van der Waals surface area contributed by atoms with E-state index in [1.165, 1.54) is 0 Å². The van der Waals surface area contributed by atoms with Crippen molar-refractivity contribution in [3.63, 3.8) is 0 Å². The number of hydrogen-bond donors (Lipinski definition) is 1. The Bertz CT molecular complexity index is 838. The molecule has 0 bridgehead atoms. The molecule has 0 aliphatic carbocycles. The molecule has 3 rings (SSSR count). The van der Waals surface area contributed by atoms with Gasteiger partial charge in [-0.05, 0) is 24.3 Å². The molecule has 1 heterocycles. The molecule has 0 saturated heterocycles. The average molecular weight is 280 g/mol. The molecule has 3 nitrogen and oxygen atoms in total. The summed E-state index contributed by atoms with van der Waals surface area (Å²) in [4.78, 5) is 4.75. The van der Waals surface area contributed by atoms with Gasteiger partial charge in [0.05, 0.1) is 11.3 Å². The van der Waals surface area contributed by atoms with Crippen molar-refractivity contribution in [3.05, 3.63) is 71.8 Å². The zero-order valence-corrected chi connectivity index (χ0v) is 11.4. The molecule has 0 aliphatic heterocycles. The Labute approximate surface area is 121 Å². The lowest BCUT2D eigenvalue weighted by molar-refractivity contribution is 0.543. The molecule has 0 spiro atoms. The average Bonchev–Trinajstić information content (AvgIpc) is 2.47. The SMILES string of the molecule is NC(=S)c1cc2ccccc2oc1=Nc1ccccc1. The van der Waals surface area contributed by atoms with E-state index < -0.39 is 0 Å². The lowest BCUT2D eigenvalue weighted by Gasteiger charge is -2.03. The maximum atomic E-state index is 5.82. The number of nitrogens with zero attached hydrogens (tertiary/aromatic N) is 1. The zero-order valence-electron chi connectivity index (χ0n) is 10.6. The van der Waals surface area contributed by atoms with Crippen LogP contribution in [0.1, 0.15) is 5.56 Å². The minimum absolute atomic E-state index is 0.272. The van der Waals surface area contributed by atoms with Gasteiger partial charge in [-0.25, -0.2) is 4.99 Å². The van der Waals surface area contributed by atoms with E-state index in [-0.39, 0.29) is 4.99 Å². The summed E-state index contributed by atoms with van der Waals surface area (Å²) in [5, 5.41) is 0.947. The number of thiocarbonyl (C=S) groups is 1. The zero-order chi connectivity index (χ0) is 13.9. The lowest BCUT2D eigenvalue weighted by atomic mass is 10.2. The number of nitrogens with two attached hydrogens (primary N) is 1. The first kappa shape index (κ1) is 12.6. The van der Waals surface area contributed by atoms with Crippen LogP contribution in [0.3, 0.4) is 0 Å². The molecule has 0 fully saturated rings. The van der Waals surface area contributed by atoms with Crippen LogP contribution in [-0.4, -0.2) is 4.99 Å². The molecule has 1 aromatic heterocycles. The predicted octanol–water partition coefficient (Wildman–Crippen LogP) is 3.30. The van der Waals surface area contributed by atoms with Crippen LogP contribution in [0, 0.1) is 0 Å². The van der Waals surface area contributed by atoms with Crippen molar-refractivity contribution >= 4 is 33.9 Å². The third kappa shape index (κ3) is 2.46. The first-order chi connectivity index (χ1) is 9.74. The highest BCUT2D eigenvalue weighted by atomic mass is 32.1. The third-order valence-corrected chi connectivity index (χ3v) is 3.13. The Balaban J connectivity index is 2.30. The van der Waals surface area contributed by atoms with E-state index in [2.05, 4.69) is 4.99 Å². The van der Waals surface area contributed by atoms with Crippen molar-refractivity contribution in [3.8, 4) is 0 Å². The fraction of sp³-hybridized carbons (Fsp3) is 0. The van der Waals surface area contributed by atoms with Gasteiger partial charge in [-0.15, -0.1) is 0 Å². The highest BCUT2D eigenvalue weighted by molar-refractivity contribution is 7.80. The van der Waals surface area contributed by atoms with E-state index in [1.54, 1.807) is 0 Å². The van der Waals surface area contributed by atoms with Crippen LogP contribution < -0.4 is 11.3 Å². The Morgan fingerprint density at radius 1 is 1.00 bits per heavy atom. The van der Waals surface area contributed by atoms with Crippen LogP contribution >= 0.6 is 12.2 Å². The minimum atomic E-state index is 0.272. The van der Waals surface area contributed by atoms with Gasteiger partial charge >= 0.3 is 0 Å². The summed E-state index contributed by atoms with van der Waals surface area (Å²) >= 11 is 5.09. The van der Waals surface area contributed by atoms with E-state index in [9.17, 15) is 0 Å². The van der Waals surface area contributed by atoms with Gasteiger partial charge in [-0.3, -0.25) is 0 Å². The quantitative estimate of drug-likeness (QED) is 0.733. The topological polar surface area (TPSA) is 51.5 Å². The highest BCUT2D eigenvalue weighted by Gasteiger charge is 2.06. The van der Waals surface area contributed by atoms with E-state index in [0.29, 0.717) is 11.1 Å². The van der Waals surface area contributed by atoms with Crippen molar-refractivity contribution in [1.82, 2.24) is 0 Å². The Morgan fingerprint density at radius 3 is 2.45 bits per heavy atom. The van der Waals surface area contributed by atoms with Crippen LogP contribution in [0.15, 0.2) is 70.1 Å². The number of rotatable bonds is 2. The van der Waals surface area contributed by atoms with Gasteiger partial charge in [0.2, 0.25) is 5.55 Å². The van der Waals surface area contributed by atoms with E-state index in [4.69, 9.17) is 22.4 Å². The van der Waals surface area contributed by atoms with E-state index in [1.807, 2.05) is 60.7 Å². The molecule has 0 radical (unpaired) electrons. The summed E-state index contributed by atoms with van der Waals surface area (Å²) in [7, 11) is 0. The third-order valence-electron chi connectivity index (χ3n) is 2.91. The van der Waals surface area contributed by atoms with Crippen molar-refractivity contribution in [2.24, 2.45) is 10.7 Å². The van der Waals surface area contributed by atoms with E-state index >= 15 is 0 Å². The number of fused-ring (bicyclic) bond motifs is 1. The maximum absolute atomic E-state index is 5.82. The van der Waals surface area contributed by atoms with Crippen molar-refractivity contribution in [2.75, 3.05) is 0 Å². The molecular formula is C16H12N2OS. The summed E-state index contributed by atoms with van der Waals surface area (Å²) in [5.41, 5.74) is 8.39. The second kappa shape index (κ2) is 5.27. The Kier molecular flexibility index (Phi) is 3.31. The second-order valence-electron chi connectivity index (χ2n) is 4.31. The molecule has 2 aromatic carbocycles. The fourth-order valence-corrected chi connectivity index (χ4v) is 2.09. The molecule has 0 atom stereocenters. The first-order valence-corrected chi connectivity index (χ1v) is 6.57. The Hall–Kier alpha value is -2.46. The van der Waals surface area contributed by atoms with Gasteiger partial charge in [0.1, 0.15) is 10.6 Å². The second-order valence-corrected chi connectivity index (χ2v) is 4.75. The predicted molar refractivity (Wildman–Crippen MR) is 83.8 cm³/mol. The van der Waals surface area contributed by atoms with Crippen LogP contribution in [0.2, 0.25) is 0 Å². The van der Waals surface area contributed by atoms with Gasteiger partial charge in [-0.2, -0.15) is 0 Å². The summed E-state index contributed by atoms with van der Waals surface area (Å²) in [6.07, 6.45) is 0. The standard InChI is InChI=1S/C16H12N2OS/c17-15(20)13-10-11-6-4-5-9-14(11)19-16(13)18-12-7-2-1-3-8-12/h1-10H,(H2,17,20). The van der Waals surface area contributed by atoms with E-state index in [0.717, 1.165) is 16.7 Å². The van der Waals surface area contributed by atoms with Crippen LogP contribution in [0.5, 0.6) is 0 Å². The normalized spacial score (nSPS) is 11.7. The smallest absolute Gasteiger partial charge is 0.230 e. The molecule has 98 valence electrons. The van der Waals surface area contributed by atoms with Gasteiger partial charge in [0.25, 0.3) is 0 Å². The summed E-state index contributed by atoms with van der Waals surface area (Å²) < 4.78 is 5.82. The number of para-hydroxylation sites is 2. The minimum Gasteiger partial charge on any atom is -0.438 e. The maximum Gasteiger partial charge on any atom is 0.230 e. The molecule has 3 aromatic rings. The van der Waals surface area contributed by atoms with Crippen molar-refractivity contribution in [2.45, 2.75) is 0 Å². The molecule has 0 saturated carbocycles. The van der Waals surface area contributed by atoms with Gasteiger partial charge in [0.15, 0.2) is 0 Å². The molecule has 2 N–H and O–H groups in total. The molecule has 0 aliphatic rings. The summed E-state index contributed by atoms with van der Waals surface area (Å²) in [5.74, 6) is 0. The first-order valence-electron chi connectivity index (χ1n) is 6.16. The van der Waals surface area contributed by atoms with Crippen LogP contribution in [0.25, 0.3) is 11.0 Å². The lowest BCUT2D eigenvalue weighted by Crippen LogP contribution is -2.20.